The summed E-state index contributed by atoms with van der Waals surface area (Å²) in [5.74, 6) is 0.827. The van der Waals surface area contributed by atoms with Gasteiger partial charge in [0.1, 0.15) is 5.75 Å². The van der Waals surface area contributed by atoms with Gasteiger partial charge in [0, 0.05) is 11.6 Å². The van der Waals surface area contributed by atoms with Gasteiger partial charge >= 0.3 is 0 Å². The molecule has 1 aliphatic rings. The first-order chi connectivity index (χ1) is 8.48. The summed E-state index contributed by atoms with van der Waals surface area (Å²) in [5.41, 5.74) is 8.35. The van der Waals surface area contributed by atoms with E-state index in [-0.39, 0.29) is 6.04 Å². The molecule has 0 heterocycles. The second-order valence-electron chi connectivity index (χ2n) is 5.46. The van der Waals surface area contributed by atoms with Crippen LogP contribution in [0.5, 0.6) is 5.75 Å². The molecular formula is C15H23NO2. The van der Waals surface area contributed by atoms with Crippen LogP contribution in [0.1, 0.15) is 42.4 Å². The van der Waals surface area contributed by atoms with E-state index < -0.39 is 5.60 Å². The number of benzene rings is 1. The Kier molecular flexibility index (Phi) is 3.64. The predicted octanol–water partition coefficient (Wildman–Crippen LogP) is 2.40. The minimum atomic E-state index is -0.778. The summed E-state index contributed by atoms with van der Waals surface area (Å²) in [6, 6.07) is 4.28. The number of aliphatic hydroxyl groups is 1. The molecule has 3 heteroatoms. The summed E-state index contributed by atoms with van der Waals surface area (Å²) in [6.45, 7) is 4.10. The lowest BCUT2D eigenvalue weighted by atomic mass is 9.77. The van der Waals surface area contributed by atoms with Crippen molar-refractivity contribution >= 4 is 0 Å². The topological polar surface area (TPSA) is 55.5 Å². The summed E-state index contributed by atoms with van der Waals surface area (Å²) < 4.78 is 5.51. The molecule has 0 saturated heterocycles. The highest BCUT2D eigenvalue weighted by molar-refractivity contribution is 5.48. The minimum absolute atomic E-state index is 0.225. The van der Waals surface area contributed by atoms with Crippen molar-refractivity contribution in [3.05, 3.63) is 28.8 Å². The van der Waals surface area contributed by atoms with Crippen LogP contribution < -0.4 is 10.5 Å². The lowest BCUT2D eigenvalue weighted by molar-refractivity contribution is -0.00692. The van der Waals surface area contributed by atoms with E-state index in [1.54, 1.807) is 7.11 Å². The smallest absolute Gasteiger partial charge is 0.128 e. The molecule has 3 nitrogen and oxygen atoms in total. The molecule has 0 bridgehead atoms. The first-order valence-electron chi connectivity index (χ1n) is 6.60. The molecule has 1 aromatic rings. The SMILES string of the molecule is COc1c(C2(O)CCC(N)CC2)ccc(C)c1C. The Morgan fingerprint density at radius 2 is 1.89 bits per heavy atom. The molecule has 1 saturated carbocycles. The zero-order valence-corrected chi connectivity index (χ0v) is 11.5. The molecule has 1 aliphatic carbocycles. The number of nitrogens with two attached hydrogens (primary N) is 1. The summed E-state index contributed by atoms with van der Waals surface area (Å²) in [7, 11) is 1.67. The largest absolute Gasteiger partial charge is 0.496 e. The zero-order chi connectivity index (χ0) is 13.3. The van der Waals surface area contributed by atoms with Crippen molar-refractivity contribution < 1.29 is 9.84 Å². The van der Waals surface area contributed by atoms with E-state index in [4.69, 9.17) is 10.5 Å². The monoisotopic (exact) mass is 249 g/mol. The van der Waals surface area contributed by atoms with Gasteiger partial charge in [-0.3, -0.25) is 0 Å². The van der Waals surface area contributed by atoms with E-state index in [9.17, 15) is 5.11 Å². The van der Waals surface area contributed by atoms with Gasteiger partial charge in [-0.25, -0.2) is 0 Å². The first-order valence-corrected chi connectivity index (χ1v) is 6.60. The third-order valence-corrected chi connectivity index (χ3v) is 4.24. The standard InChI is InChI=1S/C15H23NO2/c1-10-4-5-13(14(18-3)11(10)2)15(17)8-6-12(16)7-9-15/h4-5,12,17H,6-9,16H2,1-3H3. The number of aryl methyl sites for hydroxylation is 1. The normalized spacial score (nSPS) is 28.2. The Balaban J connectivity index is 2.41. The van der Waals surface area contributed by atoms with Crippen molar-refractivity contribution in [3.63, 3.8) is 0 Å². The summed E-state index contributed by atoms with van der Waals surface area (Å²) in [4.78, 5) is 0. The van der Waals surface area contributed by atoms with Gasteiger partial charge in [-0.2, -0.15) is 0 Å². The van der Waals surface area contributed by atoms with Crippen molar-refractivity contribution in [2.75, 3.05) is 7.11 Å². The van der Waals surface area contributed by atoms with E-state index in [0.717, 1.165) is 29.7 Å². The van der Waals surface area contributed by atoms with Crippen LogP contribution in [0.15, 0.2) is 12.1 Å². The molecule has 0 atom stereocenters. The van der Waals surface area contributed by atoms with Crippen LogP contribution in [0.2, 0.25) is 0 Å². The number of hydrogen-bond acceptors (Lipinski definition) is 3. The summed E-state index contributed by atoms with van der Waals surface area (Å²) >= 11 is 0. The van der Waals surface area contributed by atoms with Gasteiger partial charge in [-0.05, 0) is 50.7 Å². The van der Waals surface area contributed by atoms with E-state index in [1.807, 2.05) is 13.0 Å². The molecule has 3 N–H and O–H groups in total. The van der Waals surface area contributed by atoms with E-state index in [0.29, 0.717) is 12.8 Å². The molecule has 0 radical (unpaired) electrons. The minimum Gasteiger partial charge on any atom is -0.496 e. The van der Waals surface area contributed by atoms with Crippen LogP contribution in [0, 0.1) is 13.8 Å². The maximum Gasteiger partial charge on any atom is 0.128 e. The van der Waals surface area contributed by atoms with E-state index >= 15 is 0 Å². The van der Waals surface area contributed by atoms with Crippen LogP contribution >= 0.6 is 0 Å². The van der Waals surface area contributed by atoms with Crippen molar-refractivity contribution in [3.8, 4) is 5.75 Å². The Morgan fingerprint density at radius 3 is 2.44 bits per heavy atom. The van der Waals surface area contributed by atoms with Crippen LogP contribution in [0.25, 0.3) is 0 Å². The fourth-order valence-electron chi connectivity index (χ4n) is 2.81. The van der Waals surface area contributed by atoms with E-state index in [2.05, 4.69) is 13.0 Å². The fraction of sp³-hybridized carbons (Fsp3) is 0.600. The quantitative estimate of drug-likeness (QED) is 0.846. The van der Waals surface area contributed by atoms with Crippen LogP contribution in [0.4, 0.5) is 0 Å². The number of methoxy groups -OCH3 is 1. The van der Waals surface area contributed by atoms with Crippen molar-refractivity contribution in [2.24, 2.45) is 5.73 Å². The van der Waals surface area contributed by atoms with Gasteiger partial charge in [-0.1, -0.05) is 12.1 Å². The lowest BCUT2D eigenvalue weighted by Crippen LogP contribution is -2.37. The van der Waals surface area contributed by atoms with Gasteiger partial charge in [0.05, 0.1) is 12.7 Å². The highest BCUT2D eigenvalue weighted by Gasteiger charge is 2.36. The fourth-order valence-corrected chi connectivity index (χ4v) is 2.81. The Bertz CT molecular complexity index is 434. The van der Waals surface area contributed by atoms with Gasteiger partial charge in [-0.15, -0.1) is 0 Å². The average molecular weight is 249 g/mol. The van der Waals surface area contributed by atoms with Gasteiger partial charge < -0.3 is 15.6 Å². The summed E-state index contributed by atoms with van der Waals surface area (Å²) in [5, 5.41) is 10.9. The molecule has 100 valence electrons. The number of hydrogen-bond donors (Lipinski definition) is 2. The summed E-state index contributed by atoms with van der Waals surface area (Å²) in [6.07, 6.45) is 3.17. The molecule has 18 heavy (non-hydrogen) atoms. The van der Waals surface area contributed by atoms with Crippen molar-refractivity contribution in [1.82, 2.24) is 0 Å². The van der Waals surface area contributed by atoms with Crippen LogP contribution in [-0.2, 0) is 5.60 Å². The third kappa shape index (κ3) is 2.25. The van der Waals surface area contributed by atoms with Gasteiger partial charge in [0.15, 0.2) is 0 Å². The number of ether oxygens (including phenoxy) is 1. The Hall–Kier alpha value is -1.06. The Labute approximate surface area is 109 Å². The molecule has 0 spiro atoms. The molecule has 2 rings (SSSR count). The maximum absolute atomic E-state index is 10.9. The second kappa shape index (κ2) is 4.90. The van der Waals surface area contributed by atoms with Crippen LogP contribution in [-0.4, -0.2) is 18.3 Å². The van der Waals surface area contributed by atoms with Gasteiger partial charge in [0.25, 0.3) is 0 Å². The highest BCUT2D eigenvalue weighted by atomic mass is 16.5. The van der Waals surface area contributed by atoms with E-state index in [1.165, 1.54) is 5.56 Å². The first kappa shape index (κ1) is 13.4. The molecule has 0 aliphatic heterocycles. The zero-order valence-electron chi connectivity index (χ0n) is 11.5. The molecule has 1 fully saturated rings. The molecule has 1 aromatic carbocycles. The Morgan fingerprint density at radius 1 is 1.28 bits per heavy atom. The third-order valence-electron chi connectivity index (χ3n) is 4.24. The highest BCUT2D eigenvalue weighted by Crippen LogP contribution is 2.42. The second-order valence-corrected chi connectivity index (χ2v) is 5.46. The van der Waals surface area contributed by atoms with Crippen molar-refractivity contribution in [2.45, 2.75) is 51.2 Å². The van der Waals surface area contributed by atoms with Crippen molar-refractivity contribution in [1.29, 1.82) is 0 Å². The molecule has 0 aromatic heterocycles. The average Bonchev–Trinajstić information content (AvgIpc) is 2.36. The number of rotatable bonds is 2. The molecule has 0 unspecified atom stereocenters. The maximum atomic E-state index is 10.9. The molecular weight excluding hydrogens is 226 g/mol. The predicted molar refractivity (Wildman–Crippen MR) is 72.8 cm³/mol. The lowest BCUT2D eigenvalue weighted by Gasteiger charge is -2.36. The molecule has 0 amide bonds. The van der Waals surface area contributed by atoms with Gasteiger partial charge in [0.2, 0.25) is 0 Å². The van der Waals surface area contributed by atoms with Crippen LogP contribution in [0.3, 0.4) is 0 Å².